The molecule has 1 atom stereocenters. The zero-order chi connectivity index (χ0) is 23.2. The Morgan fingerprint density at radius 3 is 2.21 bits per heavy atom. The van der Waals surface area contributed by atoms with Crippen LogP contribution >= 0.6 is 23.4 Å². The third kappa shape index (κ3) is 5.05. The molecular formula is C27H24ClN3OS. The minimum absolute atomic E-state index is 0.123. The van der Waals surface area contributed by atoms with Gasteiger partial charge in [0.15, 0.2) is 5.16 Å². The van der Waals surface area contributed by atoms with Crippen molar-refractivity contribution in [2.75, 3.05) is 11.6 Å². The highest BCUT2D eigenvalue weighted by atomic mass is 35.5. The van der Waals surface area contributed by atoms with E-state index < -0.39 is 0 Å². The molecule has 0 fully saturated rings. The van der Waals surface area contributed by atoms with Crippen LogP contribution in [0.15, 0.2) is 107 Å². The smallest absolute Gasteiger partial charge is 0.264 e. The third-order valence-corrected chi connectivity index (χ3v) is 6.08. The van der Waals surface area contributed by atoms with Gasteiger partial charge in [0.2, 0.25) is 0 Å². The van der Waals surface area contributed by atoms with Crippen molar-refractivity contribution in [2.45, 2.75) is 18.1 Å². The zero-order valence-corrected chi connectivity index (χ0v) is 20.0. The van der Waals surface area contributed by atoms with Gasteiger partial charge in [-0.3, -0.25) is 9.36 Å². The fourth-order valence-electron chi connectivity index (χ4n) is 3.69. The second-order valence-corrected chi connectivity index (χ2v) is 8.57. The topological polar surface area (TPSA) is 46.9 Å². The van der Waals surface area contributed by atoms with Crippen molar-refractivity contribution in [2.24, 2.45) is 0 Å². The average molecular weight is 474 g/mol. The van der Waals surface area contributed by atoms with Crippen molar-refractivity contribution >= 4 is 29.1 Å². The number of allylic oxidation sites excluding steroid dienone is 1. The highest BCUT2D eigenvalue weighted by molar-refractivity contribution is 7.98. The Kier molecular flexibility index (Phi) is 7.33. The Bertz CT molecular complexity index is 1300. The summed E-state index contributed by atoms with van der Waals surface area (Å²) in [7, 11) is 0. The number of halogens is 1. The van der Waals surface area contributed by atoms with E-state index in [0.717, 1.165) is 16.9 Å². The molecule has 0 bridgehead atoms. The number of para-hydroxylation sites is 1. The molecule has 4 nitrogen and oxygen atoms in total. The van der Waals surface area contributed by atoms with Crippen molar-refractivity contribution in [3.63, 3.8) is 0 Å². The molecule has 4 aromatic rings. The maximum absolute atomic E-state index is 14.1. The second kappa shape index (κ2) is 10.6. The summed E-state index contributed by atoms with van der Waals surface area (Å²) in [5.74, 6) is 0. The average Bonchev–Trinajstić information content (AvgIpc) is 2.85. The molecule has 1 unspecified atom stereocenters. The van der Waals surface area contributed by atoms with Crippen LogP contribution in [0.25, 0.3) is 16.9 Å². The van der Waals surface area contributed by atoms with Crippen LogP contribution in [0.4, 0.5) is 5.69 Å². The Morgan fingerprint density at radius 1 is 0.970 bits per heavy atom. The summed E-state index contributed by atoms with van der Waals surface area (Å²) in [5, 5.41) is 4.73. The van der Waals surface area contributed by atoms with Crippen molar-refractivity contribution < 1.29 is 0 Å². The number of aromatic nitrogens is 2. The summed E-state index contributed by atoms with van der Waals surface area (Å²) < 4.78 is 1.66. The van der Waals surface area contributed by atoms with Gasteiger partial charge in [-0.1, -0.05) is 84.0 Å². The number of nitrogens with one attached hydrogen (secondary N) is 1. The number of rotatable bonds is 7. The molecule has 0 aliphatic carbocycles. The SMILES string of the molecule is C/C=C/C(Nc1ccccc1)c1c(-c2ccccc2)nc(SC)n(-c2ccc(Cl)cc2)c1=O. The van der Waals surface area contributed by atoms with Gasteiger partial charge in [-0.05, 0) is 49.6 Å². The predicted octanol–water partition coefficient (Wildman–Crippen LogP) is 7.00. The van der Waals surface area contributed by atoms with Gasteiger partial charge in [-0.25, -0.2) is 4.98 Å². The largest absolute Gasteiger partial charge is 0.374 e. The molecule has 6 heteroatoms. The molecule has 0 aliphatic rings. The van der Waals surface area contributed by atoms with Crippen molar-refractivity contribution in [3.8, 4) is 16.9 Å². The van der Waals surface area contributed by atoms with Crippen LogP contribution in [0.3, 0.4) is 0 Å². The molecule has 166 valence electrons. The van der Waals surface area contributed by atoms with Gasteiger partial charge in [0.1, 0.15) is 0 Å². The van der Waals surface area contributed by atoms with Crippen LogP contribution in [0.2, 0.25) is 5.02 Å². The van der Waals surface area contributed by atoms with E-state index in [4.69, 9.17) is 16.6 Å². The van der Waals surface area contributed by atoms with E-state index >= 15 is 0 Å². The summed E-state index contributed by atoms with van der Waals surface area (Å²) in [6.45, 7) is 1.95. The van der Waals surface area contributed by atoms with Gasteiger partial charge in [-0.15, -0.1) is 0 Å². The number of thioether (sulfide) groups is 1. The molecule has 0 saturated heterocycles. The summed E-state index contributed by atoms with van der Waals surface area (Å²) in [6, 6.07) is 26.6. The molecule has 0 radical (unpaired) electrons. The standard InChI is InChI=1S/C27H24ClN3OS/c1-3-10-23(29-21-13-8-5-9-14-21)24-25(19-11-6-4-7-12-19)30-27(33-2)31(26(24)32)22-17-15-20(28)16-18-22/h3-18,23,29H,1-2H3/b10-3+. The van der Waals surface area contributed by atoms with Crippen molar-refractivity contribution in [1.29, 1.82) is 0 Å². The van der Waals surface area contributed by atoms with Crippen LogP contribution in [0.1, 0.15) is 18.5 Å². The number of benzene rings is 3. The first-order chi connectivity index (χ1) is 16.1. The lowest BCUT2D eigenvalue weighted by atomic mass is 10.00. The van der Waals surface area contributed by atoms with E-state index in [2.05, 4.69) is 5.32 Å². The lowest BCUT2D eigenvalue weighted by molar-refractivity contribution is 0.765. The molecule has 4 rings (SSSR count). The monoisotopic (exact) mass is 473 g/mol. The zero-order valence-electron chi connectivity index (χ0n) is 18.4. The molecule has 33 heavy (non-hydrogen) atoms. The number of anilines is 1. The quantitative estimate of drug-likeness (QED) is 0.178. The molecule has 3 aromatic carbocycles. The molecule has 0 spiro atoms. The van der Waals surface area contributed by atoms with E-state index in [1.165, 1.54) is 11.8 Å². The molecule has 0 aliphatic heterocycles. The van der Waals surface area contributed by atoms with Gasteiger partial charge in [0, 0.05) is 16.3 Å². The van der Waals surface area contributed by atoms with Crippen molar-refractivity contribution in [3.05, 3.63) is 118 Å². The van der Waals surface area contributed by atoms with E-state index in [-0.39, 0.29) is 11.6 Å². The van der Waals surface area contributed by atoms with E-state index in [0.29, 0.717) is 21.4 Å². The van der Waals surface area contributed by atoms with E-state index in [9.17, 15) is 4.79 Å². The van der Waals surface area contributed by atoms with Gasteiger partial charge in [-0.2, -0.15) is 0 Å². The molecule has 1 aromatic heterocycles. The minimum atomic E-state index is -0.373. The van der Waals surface area contributed by atoms with Crippen molar-refractivity contribution in [1.82, 2.24) is 9.55 Å². The Balaban J connectivity index is 2.00. The Labute approximate surface area is 203 Å². The summed E-state index contributed by atoms with van der Waals surface area (Å²) in [6.07, 6.45) is 5.86. The summed E-state index contributed by atoms with van der Waals surface area (Å²) in [5.41, 5.74) is 3.67. The van der Waals surface area contributed by atoms with Gasteiger partial charge >= 0.3 is 0 Å². The number of hydrogen-bond acceptors (Lipinski definition) is 4. The summed E-state index contributed by atoms with van der Waals surface area (Å²) in [4.78, 5) is 19.1. The van der Waals surface area contributed by atoms with Gasteiger partial charge < -0.3 is 5.32 Å². The van der Waals surface area contributed by atoms with E-state index in [1.54, 1.807) is 16.7 Å². The second-order valence-electron chi connectivity index (χ2n) is 7.36. The predicted molar refractivity (Wildman–Crippen MR) is 140 cm³/mol. The van der Waals surface area contributed by atoms with Crippen LogP contribution < -0.4 is 10.9 Å². The molecule has 0 saturated carbocycles. The third-order valence-electron chi connectivity index (χ3n) is 5.19. The molecule has 1 N–H and O–H groups in total. The minimum Gasteiger partial charge on any atom is -0.374 e. The summed E-state index contributed by atoms with van der Waals surface area (Å²) >= 11 is 7.54. The Hall–Kier alpha value is -3.28. The number of nitrogens with zero attached hydrogens (tertiary/aromatic N) is 2. The first-order valence-corrected chi connectivity index (χ1v) is 12.2. The first-order valence-electron chi connectivity index (χ1n) is 10.6. The fourth-order valence-corrected chi connectivity index (χ4v) is 4.37. The van der Waals surface area contributed by atoms with Gasteiger partial charge in [0.25, 0.3) is 5.56 Å². The van der Waals surface area contributed by atoms with E-state index in [1.807, 2.05) is 98.1 Å². The normalized spacial score (nSPS) is 12.1. The molecular weight excluding hydrogens is 450 g/mol. The fraction of sp³-hybridized carbons (Fsp3) is 0.111. The lowest BCUT2D eigenvalue weighted by Gasteiger charge is -2.22. The molecule has 0 amide bonds. The maximum Gasteiger partial charge on any atom is 0.264 e. The molecule has 1 heterocycles. The number of hydrogen-bond donors (Lipinski definition) is 1. The van der Waals surface area contributed by atoms with Crippen LogP contribution in [-0.4, -0.2) is 15.8 Å². The van der Waals surface area contributed by atoms with Crippen LogP contribution in [0, 0.1) is 0 Å². The van der Waals surface area contributed by atoms with Gasteiger partial charge in [0.05, 0.1) is 23.0 Å². The lowest BCUT2D eigenvalue weighted by Crippen LogP contribution is -2.30. The Morgan fingerprint density at radius 2 is 1.61 bits per heavy atom. The van der Waals surface area contributed by atoms with Crippen LogP contribution in [0.5, 0.6) is 0 Å². The highest BCUT2D eigenvalue weighted by Crippen LogP contribution is 2.30. The highest BCUT2D eigenvalue weighted by Gasteiger charge is 2.24. The first kappa shape index (κ1) is 22.9. The maximum atomic E-state index is 14.1. The van der Waals surface area contributed by atoms with Crippen LogP contribution in [-0.2, 0) is 0 Å².